The van der Waals surface area contributed by atoms with E-state index in [9.17, 15) is 9.90 Å². The van der Waals surface area contributed by atoms with Crippen LogP contribution in [0.3, 0.4) is 0 Å². The maximum Gasteiger partial charge on any atom is 0.232 e. The third-order valence-corrected chi connectivity index (χ3v) is 3.24. The number of β-lactam (4-membered cyclic amide) rings is 1. The Morgan fingerprint density at radius 2 is 2.29 bits per heavy atom. The van der Waals surface area contributed by atoms with Crippen LogP contribution in [-0.2, 0) is 9.53 Å². The highest BCUT2D eigenvalue weighted by atomic mass is 16.5. The van der Waals surface area contributed by atoms with Crippen LogP contribution in [0.15, 0.2) is 0 Å². The molecule has 2 aliphatic rings. The van der Waals surface area contributed by atoms with E-state index in [0.717, 1.165) is 6.42 Å². The molecule has 80 valence electrons. The SMILES string of the molecule is CC(O)C1C(=O)N2C1CCOC2(C)C. The van der Waals surface area contributed by atoms with Gasteiger partial charge >= 0.3 is 0 Å². The second-order valence-electron chi connectivity index (χ2n) is 4.63. The number of aliphatic hydroxyl groups excluding tert-OH is 1. The molecule has 2 saturated heterocycles. The summed E-state index contributed by atoms with van der Waals surface area (Å²) in [7, 11) is 0. The number of fused-ring (bicyclic) bond motifs is 1. The summed E-state index contributed by atoms with van der Waals surface area (Å²) in [5.41, 5.74) is -0.495. The Labute approximate surface area is 83.8 Å². The maximum absolute atomic E-state index is 11.7. The minimum absolute atomic E-state index is 0.0229. The fourth-order valence-corrected chi connectivity index (χ4v) is 2.57. The van der Waals surface area contributed by atoms with E-state index in [1.165, 1.54) is 0 Å². The molecule has 0 aliphatic carbocycles. The van der Waals surface area contributed by atoms with Crippen LogP contribution in [0, 0.1) is 5.92 Å². The highest BCUT2D eigenvalue weighted by Crippen LogP contribution is 2.41. The molecule has 0 bridgehead atoms. The van der Waals surface area contributed by atoms with E-state index in [2.05, 4.69) is 0 Å². The average Bonchev–Trinajstić information content (AvgIpc) is 1.99. The van der Waals surface area contributed by atoms with E-state index in [4.69, 9.17) is 4.74 Å². The molecular weight excluding hydrogens is 182 g/mol. The van der Waals surface area contributed by atoms with Crippen LogP contribution < -0.4 is 0 Å². The molecule has 0 saturated carbocycles. The fourth-order valence-electron chi connectivity index (χ4n) is 2.57. The maximum atomic E-state index is 11.7. The van der Waals surface area contributed by atoms with Gasteiger partial charge in [-0.3, -0.25) is 4.79 Å². The second kappa shape index (κ2) is 2.94. The molecule has 0 aromatic rings. The van der Waals surface area contributed by atoms with Crippen molar-refractivity contribution in [1.29, 1.82) is 0 Å². The van der Waals surface area contributed by atoms with Gasteiger partial charge in [0.25, 0.3) is 0 Å². The Bertz CT molecular complexity index is 262. The van der Waals surface area contributed by atoms with Gasteiger partial charge in [-0.25, -0.2) is 0 Å². The third kappa shape index (κ3) is 1.17. The van der Waals surface area contributed by atoms with Crippen LogP contribution in [-0.4, -0.2) is 40.4 Å². The van der Waals surface area contributed by atoms with Crippen molar-refractivity contribution < 1.29 is 14.6 Å². The molecule has 1 amide bonds. The van der Waals surface area contributed by atoms with Crippen LogP contribution in [0.4, 0.5) is 0 Å². The lowest BCUT2D eigenvalue weighted by molar-refractivity contribution is -0.240. The Morgan fingerprint density at radius 1 is 1.64 bits per heavy atom. The van der Waals surface area contributed by atoms with Crippen molar-refractivity contribution in [3.05, 3.63) is 0 Å². The van der Waals surface area contributed by atoms with Gasteiger partial charge in [0.1, 0.15) is 5.72 Å². The van der Waals surface area contributed by atoms with Crippen molar-refractivity contribution in [2.45, 2.75) is 45.1 Å². The number of carbonyl (C=O) groups is 1. The quantitative estimate of drug-likeness (QED) is 0.620. The van der Waals surface area contributed by atoms with E-state index in [-0.39, 0.29) is 17.9 Å². The largest absolute Gasteiger partial charge is 0.393 e. The molecule has 0 spiro atoms. The minimum Gasteiger partial charge on any atom is -0.393 e. The van der Waals surface area contributed by atoms with E-state index in [1.54, 1.807) is 11.8 Å². The molecule has 0 aromatic carbocycles. The highest BCUT2D eigenvalue weighted by molar-refractivity contribution is 5.87. The van der Waals surface area contributed by atoms with Crippen LogP contribution in [0.25, 0.3) is 0 Å². The van der Waals surface area contributed by atoms with Crippen molar-refractivity contribution >= 4 is 5.91 Å². The standard InChI is InChI=1S/C10H17NO3/c1-6(12)8-7-4-5-14-10(2,3)11(7)9(8)13/h6-8,12H,4-5H2,1-3H3. The number of ether oxygens (including phenoxy) is 1. The zero-order chi connectivity index (χ0) is 10.5. The first kappa shape index (κ1) is 9.93. The number of nitrogens with zero attached hydrogens (tertiary/aromatic N) is 1. The van der Waals surface area contributed by atoms with Gasteiger partial charge in [-0.05, 0) is 27.2 Å². The summed E-state index contributed by atoms with van der Waals surface area (Å²) >= 11 is 0. The summed E-state index contributed by atoms with van der Waals surface area (Å²) in [4.78, 5) is 13.5. The lowest BCUT2D eigenvalue weighted by atomic mass is 9.79. The summed E-state index contributed by atoms with van der Waals surface area (Å²) in [6.45, 7) is 6.15. The first-order valence-electron chi connectivity index (χ1n) is 5.10. The topological polar surface area (TPSA) is 49.8 Å². The smallest absolute Gasteiger partial charge is 0.232 e. The van der Waals surface area contributed by atoms with E-state index in [1.807, 2.05) is 13.8 Å². The Balaban J connectivity index is 2.17. The summed E-state index contributed by atoms with van der Waals surface area (Å²) in [6.07, 6.45) is 0.294. The second-order valence-corrected chi connectivity index (χ2v) is 4.63. The average molecular weight is 199 g/mol. The van der Waals surface area contributed by atoms with Gasteiger partial charge in [-0.2, -0.15) is 0 Å². The number of amides is 1. The van der Waals surface area contributed by atoms with Crippen LogP contribution in [0.2, 0.25) is 0 Å². The molecule has 0 radical (unpaired) electrons. The molecule has 2 fully saturated rings. The molecule has 2 rings (SSSR count). The number of hydrogen-bond donors (Lipinski definition) is 1. The predicted octanol–water partition coefficient (Wildman–Crippen LogP) is 0.351. The Morgan fingerprint density at radius 3 is 2.86 bits per heavy atom. The van der Waals surface area contributed by atoms with Crippen LogP contribution >= 0.6 is 0 Å². The van der Waals surface area contributed by atoms with Gasteiger partial charge in [0.15, 0.2) is 0 Å². The van der Waals surface area contributed by atoms with Crippen molar-refractivity contribution in [1.82, 2.24) is 4.90 Å². The molecule has 4 heteroatoms. The van der Waals surface area contributed by atoms with Gasteiger partial charge in [0.2, 0.25) is 5.91 Å². The number of hydrogen-bond acceptors (Lipinski definition) is 3. The number of rotatable bonds is 1. The third-order valence-electron chi connectivity index (χ3n) is 3.24. The summed E-state index contributed by atoms with van der Waals surface area (Å²) in [5, 5.41) is 9.46. The molecule has 3 atom stereocenters. The van der Waals surface area contributed by atoms with Crippen molar-refractivity contribution in [2.24, 2.45) is 5.92 Å². The van der Waals surface area contributed by atoms with E-state index < -0.39 is 11.8 Å². The lowest BCUT2D eigenvalue weighted by Crippen LogP contribution is -2.73. The van der Waals surface area contributed by atoms with Gasteiger partial charge in [-0.15, -0.1) is 0 Å². The normalized spacial score (nSPS) is 37.4. The highest BCUT2D eigenvalue weighted by Gasteiger charge is 2.56. The Hall–Kier alpha value is -0.610. The van der Waals surface area contributed by atoms with Gasteiger partial charge in [-0.1, -0.05) is 0 Å². The zero-order valence-corrected chi connectivity index (χ0v) is 8.86. The van der Waals surface area contributed by atoms with Crippen LogP contribution in [0.1, 0.15) is 27.2 Å². The summed E-state index contributed by atoms with van der Waals surface area (Å²) in [5.74, 6) is -0.187. The zero-order valence-electron chi connectivity index (χ0n) is 8.86. The van der Waals surface area contributed by atoms with Crippen molar-refractivity contribution in [3.8, 4) is 0 Å². The molecule has 2 heterocycles. The van der Waals surface area contributed by atoms with Crippen LogP contribution in [0.5, 0.6) is 0 Å². The Kier molecular flexibility index (Phi) is 2.08. The fraction of sp³-hybridized carbons (Fsp3) is 0.900. The first-order chi connectivity index (χ1) is 6.45. The first-order valence-corrected chi connectivity index (χ1v) is 5.10. The van der Waals surface area contributed by atoms with Crippen molar-refractivity contribution in [3.63, 3.8) is 0 Å². The molecule has 0 aromatic heterocycles. The molecule has 3 unspecified atom stereocenters. The molecular formula is C10H17NO3. The van der Waals surface area contributed by atoms with Crippen molar-refractivity contribution in [2.75, 3.05) is 6.61 Å². The minimum atomic E-state index is -0.544. The molecule has 4 nitrogen and oxygen atoms in total. The molecule has 1 N–H and O–H groups in total. The summed E-state index contributed by atoms with van der Waals surface area (Å²) in [6, 6.07) is 0.172. The molecule has 14 heavy (non-hydrogen) atoms. The number of aliphatic hydroxyl groups is 1. The van der Waals surface area contributed by atoms with Gasteiger partial charge in [0.05, 0.1) is 24.7 Å². The van der Waals surface area contributed by atoms with Gasteiger partial charge in [0, 0.05) is 0 Å². The molecule has 2 aliphatic heterocycles. The van der Waals surface area contributed by atoms with Gasteiger partial charge < -0.3 is 14.7 Å². The predicted molar refractivity (Wildman–Crippen MR) is 50.5 cm³/mol. The van der Waals surface area contributed by atoms with E-state index in [0.29, 0.717) is 6.61 Å². The summed E-state index contributed by atoms with van der Waals surface area (Å²) < 4.78 is 5.52. The van der Waals surface area contributed by atoms with E-state index >= 15 is 0 Å². The lowest BCUT2D eigenvalue weighted by Gasteiger charge is -2.58. The monoisotopic (exact) mass is 199 g/mol. The number of carbonyl (C=O) groups excluding carboxylic acids is 1.